The summed E-state index contributed by atoms with van der Waals surface area (Å²) in [6.45, 7) is 2.47. The fraction of sp³-hybridized carbons (Fsp3) is 0.200. The first-order valence-corrected chi connectivity index (χ1v) is 6.23. The Morgan fingerprint density at radius 1 is 1.69 bits per heavy atom. The first-order valence-electron chi connectivity index (χ1n) is 4.56. The van der Waals surface area contributed by atoms with E-state index in [0.29, 0.717) is 6.54 Å². The molecule has 6 heteroatoms. The van der Waals surface area contributed by atoms with Crippen LogP contribution in [0.5, 0.6) is 0 Å². The molecule has 2 heterocycles. The van der Waals surface area contributed by atoms with E-state index >= 15 is 0 Å². The number of hydrogen-bond donors (Lipinski definition) is 1. The monoisotopic (exact) mass is 300 g/mol. The molecule has 0 fully saturated rings. The van der Waals surface area contributed by atoms with Crippen LogP contribution in [0.25, 0.3) is 0 Å². The second kappa shape index (κ2) is 4.39. The maximum atomic E-state index is 11.0. The van der Waals surface area contributed by atoms with Crippen LogP contribution in [-0.4, -0.2) is 20.6 Å². The van der Waals surface area contributed by atoms with Crippen LogP contribution in [0, 0.1) is 6.92 Å². The number of carboxylic acids is 1. The number of halogens is 1. The number of aryl methyl sites for hydroxylation is 1. The largest absolute Gasteiger partial charge is 0.477 e. The van der Waals surface area contributed by atoms with Crippen LogP contribution < -0.4 is 0 Å². The van der Waals surface area contributed by atoms with Gasteiger partial charge in [0.1, 0.15) is 5.69 Å². The minimum absolute atomic E-state index is 0.277. The lowest BCUT2D eigenvalue weighted by molar-refractivity contribution is 0.0685. The van der Waals surface area contributed by atoms with Gasteiger partial charge < -0.3 is 9.67 Å². The van der Waals surface area contributed by atoms with Crippen LogP contribution in [-0.2, 0) is 6.54 Å². The number of hydrogen-bond acceptors (Lipinski definition) is 3. The van der Waals surface area contributed by atoms with Crippen molar-refractivity contribution in [2.24, 2.45) is 0 Å². The second-order valence-corrected chi connectivity index (χ2v) is 5.19. The molecule has 2 aromatic rings. The van der Waals surface area contributed by atoms with Crippen molar-refractivity contribution in [1.82, 2.24) is 9.55 Å². The molecule has 0 amide bonds. The summed E-state index contributed by atoms with van der Waals surface area (Å²) in [6.07, 6.45) is 1.77. The maximum Gasteiger partial charge on any atom is 0.352 e. The molecule has 0 unspecified atom stereocenters. The highest BCUT2D eigenvalue weighted by atomic mass is 79.9. The minimum atomic E-state index is -0.923. The van der Waals surface area contributed by atoms with E-state index in [1.165, 1.54) is 11.3 Å². The van der Waals surface area contributed by atoms with Gasteiger partial charge in [-0.25, -0.2) is 9.78 Å². The molecular formula is C10H9BrN2O2S. The molecule has 84 valence electrons. The van der Waals surface area contributed by atoms with Crippen molar-refractivity contribution >= 4 is 33.2 Å². The van der Waals surface area contributed by atoms with E-state index in [1.807, 2.05) is 6.92 Å². The van der Waals surface area contributed by atoms with Gasteiger partial charge in [-0.05, 0) is 28.9 Å². The zero-order valence-corrected chi connectivity index (χ0v) is 10.9. The number of aromatic nitrogens is 2. The number of carboxylic acid groups (broad SMARTS) is 1. The average Bonchev–Trinajstić information content (AvgIpc) is 2.75. The highest BCUT2D eigenvalue weighted by Crippen LogP contribution is 2.19. The molecule has 0 radical (unpaired) electrons. The average molecular weight is 301 g/mol. The second-order valence-electron chi connectivity index (χ2n) is 3.34. The van der Waals surface area contributed by atoms with Gasteiger partial charge in [-0.15, -0.1) is 11.3 Å². The van der Waals surface area contributed by atoms with Crippen LogP contribution in [0.15, 0.2) is 22.2 Å². The van der Waals surface area contributed by atoms with E-state index < -0.39 is 5.97 Å². The summed E-state index contributed by atoms with van der Waals surface area (Å²) in [5.41, 5.74) is 3.00. The lowest BCUT2D eigenvalue weighted by Gasteiger charge is -2.04. The highest BCUT2D eigenvalue weighted by Gasteiger charge is 2.13. The summed E-state index contributed by atoms with van der Waals surface area (Å²) in [4.78, 5) is 16.2. The normalized spacial score (nSPS) is 10.6. The summed E-state index contributed by atoms with van der Waals surface area (Å²) >= 11 is 4.81. The van der Waals surface area contributed by atoms with E-state index in [-0.39, 0.29) is 5.69 Å². The number of nitrogens with zero attached hydrogens (tertiary/aromatic N) is 2. The third-order valence-electron chi connectivity index (χ3n) is 2.24. The Balaban J connectivity index is 2.34. The third kappa shape index (κ3) is 2.17. The predicted molar refractivity (Wildman–Crippen MR) is 65.0 cm³/mol. The fourth-order valence-electron chi connectivity index (χ4n) is 1.42. The third-order valence-corrected chi connectivity index (χ3v) is 3.59. The molecule has 16 heavy (non-hydrogen) atoms. The van der Waals surface area contributed by atoms with Gasteiger partial charge in [0, 0.05) is 15.5 Å². The van der Waals surface area contributed by atoms with Gasteiger partial charge in [-0.3, -0.25) is 0 Å². The molecule has 0 aromatic carbocycles. The van der Waals surface area contributed by atoms with E-state index in [0.717, 1.165) is 15.0 Å². The molecule has 2 rings (SSSR count). The van der Waals surface area contributed by atoms with Crippen LogP contribution in [0.1, 0.15) is 21.1 Å². The van der Waals surface area contributed by atoms with E-state index in [1.54, 1.807) is 22.3 Å². The number of aromatic carboxylic acids is 1. The van der Waals surface area contributed by atoms with Gasteiger partial charge in [-0.1, -0.05) is 0 Å². The number of thiazole rings is 1. The molecule has 0 aliphatic carbocycles. The SMILES string of the molecule is Cc1ncsc1Cn1cc(Br)cc1C(=O)O. The van der Waals surface area contributed by atoms with Crippen LogP contribution >= 0.6 is 27.3 Å². The van der Waals surface area contributed by atoms with Gasteiger partial charge in [0.15, 0.2) is 0 Å². The van der Waals surface area contributed by atoms with Gasteiger partial charge in [0.2, 0.25) is 0 Å². The van der Waals surface area contributed by atoms with Gasteiger partial charge in [0.25, 0.3) is 0 Å². The summed E-state index contributed by atoms with van der Waals surface area (Å²) in [5.74, 6) is -0.923. The van der Waals surface area contributed by atoms with Crippen molar-refractivity contribution in [3.8, 4) is 0 Å². The molecule has 1 N–H and O–H groups in total. The first-order chi connectivity index (χ1) is 7.58. The summed E-state index contributed by atoms with van der Waals surface area (Å²) in [7, 11) is 0. The van der Waals surface area contributed by atoms with Crippen molar-refractivity contribution in [2.45, 2.75) is 13.5 Å². The Labute approximate surface area is 105 Å². The topological polar surface area (TPSA) is 55.1 Å². The first kappa shape index (κ1) is 11.3. The van der Waals surface area contributed by atoms with Crippen LogP contribution in [0.4, 0.5) is 0 Å². The van der Waals surface area contributed by atoms with Crippen molar-refractivity contribution in [3.63, 3.8) is 0 Å². The minimum Gasteiger partial charge on any atom is -0.477 e. The fourth-order valence-corrected chi connectivity index (χ4v) is 2.66. The van der Waals surface area contributed by atoms with Gasteiger partial charge in [0.05, 0.1) is 17.7 Å². The lowest BCUT2D eigenvalue weighted by atomic mass is 10.3. The maximum absolute atomic E-state index is 11.0. The zero-order valence-electron chi connectivity index (χ0n) is 8.48. The van der Waals surface area contributed by atoms with Crippen molar-refractivity contribution < 1.29 is 9.90 Å². The predicted octanol–water partition coefficient (Wildman–Crippen LogP) is 2.76. The van der Waals surface area contributed by atoms with Crippen LogP contribution in [0.3, 0.4) is 0 Å². The molecule has 0 aliphatic rings. The Kier molecular flexibility index (Phi) is 3.11. The molecule has 2 aromatic heterocycles. The Morgan fingerprint density at radius 2 is 2.44 bits per heavy atom. The molecule has 4 nitrogen and oxygen atoms in total. The lowest BCUT2D eigenvalue weighted by Crippen LogP contribution is -2.08. The summed E-state index contributed by atoms with van der Waals surface area (Å²) < 4.78 is 2.47. The Bertz CT molecular complexity index is 533. The highest BCUT2D eigenvalue weighted by molar-refractivity contribution is 9.10. The molecule has 0 saturated carbocycles. The summed E-state index contributed by atoms with van der Waals surface area (Å²) in [6, 6.07) is 1.60. The van der Waals surface area contributed by atoms with Gasteiger partial charge >= 0.3 is 5.97 Å². The standard InChI is InChI=1S/C10H9BrN2O2S/c1-6-9(16-5-12-6)4-13-3-7(11)2-8(13)10(14)15/h2-3,5H,4H2,1H3,(H,14,15). The van der Waals surface area contributed by atoms with Crippen molar-refractivity contribution in [1.29, 1.82) is 0 Å². The molecule has 0 atom stereocenters. The molecule has 0 bridgehead atoms. The molecular weight excluding hydrogens is 292 g/mol. The Hall–Kier alpha value is -1.14. The van der Waals surface area contributed by atoms with Crippen molar-refractivity contribution in [2.75, 3.05) is 0 Å². The number of rotatable bonds is 3. The quantitative estimate of drug-likeness (QED) is 0.948. The summed E-state index contributed by atoms with van der Waals surface area (Å²) in [5, 5.41) is 9.02. The van der Waals surface area contributed by atoms with Crippen molar-refractivity contribution in [3.05, 3.63) is 38.5 Å². The smallest absolute Gasteiger partial charge is 0.352 e. The molecule has 0 aliphatic heterocycles. The zero-order chi connectivity index (χ0) is 11.7. The van der Waals surface area contributed by atoms with Crippen LogP contribution in [0.2, 0.25) is 0 Å². The molecule has 0 spiro atoms. The van der Waals surface area contributed by atoms with Gasteiger partial charge in [-0.2, -0.15) is 0 Å². The Morgan fingerprint density at radius 3 is 3.00 bits per heavy atom. The molecule has 0 saturated heterocycles. The van der Waals surface area contributed by atoms with E-state index in [2.05, 4.69) is 20.9 Å². The number of carbonyl (C=O) groups is 1. The van der Waals surface area contributed by atoms with E-state index in [4.69, 9.17) is 5.11 Å². The van der Waals surface area contributed by atoms with E-state index in [9.17, 15) is 4.79 Å².